The number of para-hydroxylation sites is 1. The molecule has 0 aromatic heterocycles. The van der Waals surface area contributed by atoms with Crippen LogP contribution in [0.3, 0.4) is 0 Å². The molecular formula is C27H21N3O4. The van der Waals surface area contributed by atoms with E-state index in [1.807, 2.05) is 30.3 Å². The molecule has 0 saturated carbocycles. The zero-order chi connectivity index (χ0) is 23.4. The van der Waals surface area contributed by atoms with Crippen molar-refractivity contribution in [1.29, 1.82) is 0 Å². The lowest BCUT2D eigenvalue weighted by Crippen LogP contribution is -2.44. The Kier molecular flexibility index (Phi) is 4.58. The molecule has 4 atom stereocenters. The van der Waals surface area contributed by atoms with Crippen LogP contribution in [0.15, 0.2) is 84.0 Å². The molecule has 6 rings (SSSR count). The minimum atomic E-state index is -0.891. The topological polar surface area (TPSA) is 79.3 Å². The number of ketones is 1. The van der Waals surface area contributed by atoms with E-state index in [1.54, 1.807) is 66.9 Å². The van der Waals surface area contributed by atoms with Crippen LogP contribution in [-0.2, 0) is 9.59 Å². The highest BCUT2D eigenvalue weighted by Gasteiger charge is 2.65. The van der Waals surface area contributed by atoms with Gasteiger partial charge in [0.2, 0.25) is 11.8 Å². The van der Waals surface area contributed by atoms with Gasteiger partial charge in [-0.15, -0.1) is 0 Å². The highest BCUT2D eigenvalue weighted by atomic mass is 16.5. The predicted molar refractivity (Wildman–Crippen MR) is 126 cm³/mol. The maximum absolute atomic E-state index is 13.8. The molecule has 0 unspecified atom stereocenters. The van der Waals surface area contributed by atoms with Crippen molar-refractivity contribution in [2.45, 2.75) is 12.1 Å². The third kappa shape index (κ3) is 2.83. The lowest BCUT2D eigenvalue weighted by molar-refractivity contribution is -0.124. The number of Topliss-reactive ketones (excluding diaryl/α,β-unsaturated/α-hetero) is 1. The SMILES string of the molecule is COc1ccc(C(=O)[C@@H]2[C@@H]3C(=O)N(c4ccccc4)C(=O)[C@@H]3[C@H]3c4ccccc4C=NN23)cc1. The second-order valence-corrected chi connectivity index (χ2v) is 8.63. The van der Waals surface area contributed by atoms with Gasteiger partial charge >= 0.3 is 0 Å². The van der Waals surface area contributed by atoms with Crippen molar-refractivity contribution < 1.29 is 19.1 Å². The van der Waals surface area contributed by atoms with Crippen LogP contribution < -0.4 is 9.64 Å². The van der Waals surface area contributed by atoms with E-state index in [4.69, 9.17) is 4.74 Å². The van der Waals surface area contributed by atoms with Crippen LogP contribution in [0.25, 0.3) is 0 Å². The summed E-state index contributed by atoms with van der Waals surface area (Å²) in [4.78, 5) is 42.6. The first-order valence-corrected chi connectivity index (χ1v) is 11.1. The van der Waals surface area contributed by atoms with Crippen LogP contribution in [0.4, 0.5) is 5.69 Å². The number of hydrogen-bond donors (Lipinski definition) is 0. The normalized spacial score (nSPS) is 24.6. The Labute approximate surface area is 196 Å². The summed E-state index contributed by atoms with van der Waals surface area (Å²) in [5.74, 6) is -1.82. The van der Waals surface area contributed by atoms with E-state index in [0.29, 0.717) is 17.0 Å². The lowest BCUT2D eigenvalue weighted by Gasteiger charge is -2.33. The predicted octanol–water partition coefficient (Wildman–Crippen LogP) is 3.46. The molecule has 2 fully saturated rings. The van der Waals surface area contributed by atoms with Gasteiger partial charge < -0.3 is 4.74 Å². The Balaban J connectivity index is 1.48. The Morgan fingerprint density at radius 2 is 1.53 bits per heavy atom. The average Bonchev–Trinajstić information content (AvgIpc) is 3.36. The van der Waals surface area contributed by atoms with E-state index in [2.05, 4.69) is 5.10 Å². The van der Waals surface area contributed by atoms with Gasteiger partial charge in [0.1, 0.15) is 11.8 Å². The zero-order valence-electron chi connectivity index (χ0n) is 18.4. The van der Waals surface area contributed by atoms with Gasteiger partial charge in [-0.25, -0.2) is 4.90 Å². The third-order valence-corrected chi connectivity index (χ3v) is 6.95. The van der Waals surface area contributed by atoms with Gasteiger partial charge in [0, 0.05) is 5.56 Å². The van der Waals surface area contributed by atoms with Crippen molar-refractivity contribution >= 4 is 29.5 Å². The zero-order valence-corrected chi connectivity index (χ0v) is 18.4. The van der Waals surface area contributed by atoms with Gasteiger partial charge in [-0.3, -0.25) is 19.4 Å². The number of hydrogen-bond acceptors (Lipinski definition) is 6. The summed E-state index contributed by atoms with van der Waals surface area (Å²) < 4.78 is 5.21. The first-order chi connectivity index (χ1) is 16.6. The standard InChI is InChI=1S/C27H21N3O4/c1-34-19-13-11-16(12-14-19)25(31)24-22-21(23-20-10-6-5-7-17(20)15-28-30(23)24)26(32)29(27(22)33)18-8-3-2-4-9-18/h2-15,21-24H,1H3/t21-,22+,23+,24-/m0/s1. The number of hydrazone groups is 1. The number of methoxy groups -OCH3 is 1. The Hall–Kier alpha value is -4.26. The maximum atomic E-state index is 13.8. The van der Waals surface area contributed by atoms with Crippen LogP contribution in [0.5, 0.6) is 5.75 Å². The van der Waals surface area contributed by atoms with Crippen LogP contribution >= 0.6 is 0 Å². The second-order valence-electron chi connectivity index (χ2n) is 8.63. The number of rotatable bonds is 4. The van der Waals surface area contributed by atoms with Crippen molar-refractivity contribution in [3.8, 4) is 5.75 Å². The summed E-state index contributed by atoms with van der Waals surface area (Å²) in [7, 11) is 1.56. The molecule has 2 amide bonds. The number of ether oxygens (including phenoxy) is 1. The van der Waals surface area contributed by atoms with Crippen LogP contribution in [0, 0.1) is 11.8 Å². The lowest BCUT2D eigenvalue weighted by atomic mass is 9.83. The van der Waals surface area contributed by atoms with E-state index in [1.165, 1.54) is 4.90 Å². The highest BCUT2D eigenvalue weighted by Crippen LogP contribution is 2.53. The molecule has 7 nitrogen and oxygen atoms in total. The number of carbonyl (C=O) groups excluding carboxylic acids is 3. The fraction of sp³-hybridized carbons (Fsp3) is 0.185. The molecule has 2 saturated heterocycles. The molecule has 0 bridgehead atoms. The first kappa shape index (κ1) is 20.4. The smallest absolute Gasteiger partial charge is 0.240 e. The van der Waals surface area contributed by atoms with E-state index in [0.717, 1.165) is 11.1 Å². The van der Waals surface area contributed by atoms with Crippen molar-refractivity contribution in [2.75, 3.05) is 12.0 Å². The maximum Gasteiger partial charge on any atom is 0.240 e. The molecule has 7 heteroatoms. The van der Waals surface area contributed by atoms with Gasteiger partial charge in [0.15, 0.2) is 5.78 Å². The Morgan fingerprint density at radius 3 is 2.26 bits per heavy atom. The van der Waals surface area contributed by atoms with Gasteiger partial charge in [-0.05, 0) is 47.5 Å². The van der Waals surface area contributed by atoms with Crippen molar-refractivity contribution in [1.82, 2.24) is 5.01 Å². The number of amides is 2. The average molecular weight is 451 g/mol. The fourth-order valence-corrected chi connectivity index (χ4v) is 5.43. The molecule has 3 heterocycles. The quantitative estimate of drug-likeness (QED) is 0.448. The number of carbonyl (C=O) groups is 3. The number of benzene rings is 3. The molecule has 168 valence electrons. The number of nitrogens with zero attached hydrogens (tertiary/aromatic N) is 3. The molecule has 0 N–H and O–H groups in total. The Bertz CT molecular complexity index is 1340. The molecular weight excluding hydrogens is 430 g/mol. The molecule has 3 aromatic rings. The van der Waals surface area contributed by atoms with Gasteiger partial charge in [-0.1, -0.05) is 42.5 Å². The molecule has 0 spiro atoms. The van der Waals surface area contributed by atoms with E-state index in [-0.39, 0.29) is 17.6 Å². The van der Waals surface area contributed by atoms with E-state index < -0.39 is 23.9 Å². The summed E-state index contributed by atoms with van der Waals surface area (Å²) in [5.41, 5.74) is 2.74. The second kappa shape index (κ2) is 7.66. The molecule has 34 heavy (non-hydrogen) atoms. The molecule has 3 aromatic carbocycles. The Morgan fingerprint density at radius 1 is 0.853 bits per heavy atom. The number of imide groups is 1. The molecule has 3 aliphatic heterocycles. The summed E-state index contributed by atoms with van der Waals surface area (Å²) in [5, 5.41) is 6.25. The monoisotopic (exact) mass is 451 g/mol. The van der Waals surface area contributed by atoms with Crippen LogP contribution in [0.2, 0.25) is 0 Å². The van der Waals surface area contributed by atoms with Crippen molar-refractivity contribution in [2.24, 2.45) is 16.9 Å². The van der Waals surface area contributed by atoms with Gasteiger partial charge in [-0.2, -0.15) is 5.10 Å². The minimum Gasteiger partial charge on any atom is -0.497 e. The summed E-state index contributed by atoms with van der Waals surface area (Å²) in [6.45, 7) is 0. The van der Waals surface area contributed by atoms with Crippen molar-refractivity contribution in [3.63, 3.8) is 0 Å². The van der Waals surface area contributed by atoms with E-state index >= 15 is 0 Å². The highest BCUT2D eigenvalue weighted by molar-refractivity contribution is 6.24. The number of anilines is 1. The minimum absolute atomic E-state index is 0.243. The molecule has 0 aliphatic carbocycles. The van der Waals surface area contributed by atoms with E-state index in [9.17, 15) is 14.4 Å². The summed E-state index contributed by atoms with van der Waals surface area (Å²) in [6.07, 6.45) is 1.70. The first-order valence-electron chi connectivity index (χ1n) is 11.1. The van der Waals surface area contributed by atoms with Gasteiger partial charge in [0.25, 0.3) is 0 Å². The summed E-state index contributed by atoms with van der Waals surface area (Å²) >= 11 is 0. The fourth-order valence-electron chi connectivity index (χ4n) is 5.43. The largest absolute Gasteiger partial charge is 0.497 e. The third-order valence-electron chi connectivity index (χ3n) is 6.95. The van der Waals surface area contributed by atoms with Crippen molar-refractivity contribution in [3.05, 3.63) is 95.6 Å². The molecule has 3 aliphatic rings. The van der Waals surface area contributed by atoms with Gasteiger partial charge in [0.05, 0.1) is 36.9 Å². The van der Waals surface area contributed by atoms with Crippen LogP contribution in [0.1, 0.15) is 27.5 Å². The molecule has 0 radical (unpaired) electrons. The summed E-state index contributed by atoms with van der Waals surface area (Å²) in [6, 6.07) is 22.0. The van der Waals surface area contributed by atoms with Crippen LogP contribution in [-0.4, -0.2) is 42.0 Å². The number of fused-ring (bicyclic) bond motifs is 5.